The highest BCUT2D eigenvalue weighted by Gasteiger charge is 2.25. The van der Waals surface area contributed by atoms with E-state index in [1.807, 2.05) is 35.6 Å². The first-order chi connectivity index (χ1) is 11.1. The Kier molecular flexibility index (Phi) is 4.71. The van der Waals surface area contributed by atoms with Gasteiger partial charge in [0, 0.05) is 25.7 Å². The van der Waals surface area contributed by atoms with Crippen LogP contribution < -0.4 is 0 Å². The predicted molar refractivity (Wildman–Crippen MR) is 92.3 cm³/mol. The molecule has 1 saturated heterocycles. The van der Waals surface area contributed by atoms with Crippen LogP contribution in [-0.2, 0) is 11.8 Å². The molecule has 23 heavy (non-hydrogen) atoms. The Labute approximate surface area is 141 Å². The third-order valence-corrected chi connectivity index (χ3v) is 5.28. The van der Waals surface area contributed by atoms with Crippen LogP contribution in [0, 0.1) is 6.92 Å². The third kappa shape index (κ3) is 3.42. The van der Waals surface area contributed by atoms with Crippen molar-refractivity contribution in [1.82, 2.24) is 19.7 Å². The molecule has 0 N–H and O–H groups in total. The van der Waals surface area contributed by atoms with Crippen molar-refractivity contribution in [2.75, 3.05) is 13.1 Å². The molecule has 0 radical (unpaired) electrons. The van der Waals surface area contributed by atoms with E-state index in [1.54, 1.807) is 0 Å². The topological polar surface area (TPSA) is 51.0 Å². The average molecular weight is 330 g/mol. The van der Waals surface area contributed by atoms with Crippen LogP contribution in [0.4, 0.5) is 0 Å². The normalized spacial score (nSPS) is 15.9. The van der Waals surface area contributed by atoms with Crippen LogP contribution in [0.3, 0.4) is 0 Å². The van der Waals surface area contributed by atoms with Gasteiger partial charge in [0.15, 0.2) is 11.0 Å². The Morgan fingerprint density at radius 1 is 1.26 bits per heavy atom. The molecular weight excluding hydrogens is 308 g/mol. The first kappa shape index (κ1) is 16.1. The number of thioether (sulfide) groups is 1. The molecule has 0 bridgehead atoms. The number of aryl methyl sites for hydroxylation is 1. The number of likely N-dealkylation sites (tertiary alicyclic amines) is 1. The molecule has 2 heterocycles. The summed E-state index contributed by atoms with van der Waals surface area (Å²) >= 11 is 1.48. The van der Waals surface area contributed by atoms with Gasteiger partial charge >= 0.3 is 0 Å². The Hall–Kier alpha value is -1.82. The van der Waals surface area contributed by atoms with Crippen LogP contribution in [0.1, 0.15) is 25.3 Å². The smallest absolute Gasteiger partial charge is 0.235 e. The zero-order valence-corrected chi connectivity index (χ0v) is 14.6. The molecule has 1 aliphatic rings. The van der Waals surface area contributed by atoms with E-state index in [4.69, 9.17) is 0 Å². The van der Waals surface area contributed by atoms with E-state index >= 15 is 0 Å². The van der Waals surface area contributed by atoms with Crippen LogP contribution in [0.5, 0.6) is 0 Å². The van der Waals surface area contributed by atoms with E-state index in [9.17, 15) is 4.79 Å². The maximum absolute atomic E-state index is 12.4. The van der Waals surface area contributed by atoms with E-state index in [0.29, 0.717) is 0 Å². The summed E-state index contributed by atoms with van der Waals surface area (Å²) in [5, 5.41) is 9.22. The fourth-order valence-electron chi connectivity index (χ4n) is 2.86. The van der Waals surface area contributed by atoms with Crippen LogP contribution in [-0.4, -0.2) is 43.9 Å². The molecule has 1 aromatic heterocycles. The molecule has 1 amide bonds. The Balaban J connectivity index is 1.75. The number of hydrogen-bond acceptors (Lipinski definition) is 4. The quantitative estimate of drug-likeness (QED) is 0.809. The van der Waals surface area contributed by atoms with Crippen molar-refractivity contribution in [3.05, 3.63) is 29.8 Å². The number of hydrogen-bond donors (Lipinski definition) is 0. The maximum atomic E-state index is 12.4. The molecule has 1 atom stereocenters. The molecule has 3 rings (SSSR count). The van der Waals surface area contributed by atoms with Gasteiger partial charge < -0.3 is 9.47 Å². The largest absolute Gasteiger partial charge is 0.342 e. The lowest BCUT2D eigenvalue weighted by Gasteiger charge is -2.19. The summed E-state index contributed by atoms with van der Waals surface area (Å²) in [6.45, 7) is 5.78. The molecule has 1 fully saturated rings. The van der Waals surface area contributed by atoms with Crippen LogP contribution in [0.15, 0.2) is 29.4 Å². The predicted octanol–water partition coefficient (Wildman–Crippen LogP) is 2.89. The highest BCUT2D eigenvalue weighted by Crippen LogP contribution is 2.27. The van der Waals surface area contributed by atoms with E-state index in [2.05, 4.69) is 29.3 Å². The second kappa shape index (κ2) is 6.74. The van der Waals surface area contributed by atoms with Crippen LogP contribution >= 0.6 is 11.8 Å². The molecule has 0 spiro atoms. The van der Waals surface area contributed by atoms with Crippen LogP contribution in [0.2, 0.25) is 0 Å². The minimum absolute atomic E-state index is 0.138. The van der Waals surface area contributed by atoms with Crippen molar-refractivity contribution >= 4 is 17.7 Å². The second-order valence-corrected chi connectivity index (χ2v) is 7.34. The van der Waals surface area contributed by atoms with Gasteiger partial charge in [0.1, 0.15) is 0 Å². The summed E-state index contributed by atoms with van der Waals surface area (Å²) in [7, 11) is 1.95. The second-order valence-electron chi connectivity index (χ2n) is 6.03. The number of rotatable bonds is 4. The molecule has 1 aliphatic heterocycles. The van der Waals surface area contributed by atoms with E-state index in [-0.39, 0.29) is 11.2 Å². The summed E-state index contributed by atoms with van der Waals surface area (Å²) in [5.74, 6) is 1.03. The van der Waals surface area contributed by atoms with Gasteiger partial charge in [-0.25, -0.2) is 0 Å². The van der Waals surface area contributed by atoms with E-state index in [1.165, 1.54) is 17.3 Å². The summed E-state index contributed by atoms with van der Waals surface area (Å²) in [6, 6.07) is 8.21. The molecular formula is C17H22N4OS. The summed E-state index contributed by atoms with van der Waals surface area (Å²) < 4.78 is 1.97. The maximum Gasteiger partial charge on any atom is 0.235 e. The SMILES string of the molecule is Cc1cccc(-c2nnc(S[C@@H](C)C(=O)N3CCCC3)n2C)c1. The number of carbonyl (C=O) groups is 1. The third-order valence-electron chi connectivity index (χ3n) is 4.16. The van der Waals surface area contributed by atoms with E-state index in [0.717, 1.165) is 42.5 Å². The number of benzene rings is 1. The summed E-state index contributed by atoms with van der Waals surface area (Å²) in [6.07, 6.45) is 2.23. The number of carbonyl (C=O) groups excluding carboxylic acids is 1. The van der Waals surface area contributed by atoms with Gasteiger partial charge in [-0.1, -0.05) is 35.5 Å². The first-order valence-corrected chi connectivity index (χ1v) is 8.86. The zero-order chi connectivity index (χ0) is 16.4. The highest BCUT2D eigenvalue weighted by atomic mass is 32.2. The van der Waals surface area contributed by atoms with Gasteiger partial charge in [0.2, 0.25) is 5.91 Å². The van der Waals surface area contributed by atoms with Crippen LogP contribution in [0.25, 0.3) is 11.4 Å². The highest BCUT2D eigenvalue weighted by molar-refractivity contribution is 8.00. The lowest BCUT2D eigenvalue weighted by Crippen LogP contribution is -2.34. The van der Waals surface area contributed by atoms with Crippen molar-refractivity contribution < 1.29 is 4.79 Å². The van der Waals surface area contributed by atoms with Crippen molar-refractivity contribution in [2.45, 2.75) is 37.1 Å². The van der Waals surface area contributed by atoms with Crippen molar-refractivity contribution in [2.24, 2.45) is 7.05 Å². The van der Waals surface area contributed by atoms with E-state index < -0.39 is 0 Å². The fraction of sp³-hybridized carbons (Fsp3) is 0.471. The number of amides is 1. The van der Waals surface area contributed by atoms with Crippen molar-refractivity contribution in [3.63, 3.8) is 0 Å². The summed E-state index contributed by atoms with van der Waals surface area (Å²) in [5.41, 5.74) is 2.24. The lowest BCUT2D eigenvalue weighted by molar-refractivity contribution is -0.129. The molecule has 2 aromatic rings. The molecule has 0 unspecified atom stereocenters. The Morgan fingerprint density at radius 3 is 2.70 bits per heavy atom. The van der Waals surface area contributed by atoms with Crippen molar-refractivity contribution in [3.8, 4) is 11.4 Å². The number of nitrogens with zero attached hydrogens (tertiary/aromatic N) is 4. The summed E-state index contributed by atoms with van der Waals surface area (Å²) in [4.78, 5) is 14.4. The standard InChI is InChI=1S/C17H22N4OS/c1-12-7-6-8-14(11-12)15-18-19-17(20(15)3)23-13(2)16(22)21-9-4-5-10-21/h6-8,11,13H,4-5,9-10H2,1-3H3/t13-/m0/s1. The Bertz CT molecular complexity index is 706. The minimum atomic E-state index is -0.138. The fourth-order valence-corrected chi connectivity index (χ4v) is 3.75. The lowest BCUT2D eigenvalue weighted by atomic mass is 10.1. The van der Waals surface area contributed by atoms with Gasteiger partial charge in [-0.2, -0.15) is 0 Å². The molecule has 0 aliphatic carbocycles. The molecule has 6 heteroatoms. The van der Waals surface area contributed by atoms with Gasteiger partial charge in [-0.05, 0) is 32.8 Å². The molecule has 5 nitrogen and oxygen atoms in total. The minimum Gasteiger partial charge on any atom is -0.342 e. The van der Waals surface area contributed by atoms with Gasteiger partial charge in [0.05, 0.1) is 5.25 Å². The molecule has 0 saturated carbocycles. The monoisotopic (exact) mass is 330 g/mol. The molecule has 1 aromatic carbocycles. The van der Waals surface area contributed by atoms with Gasteiger partial charge in [-0.15, -0.1) is 10.2 Å². The number of aromatic nitrogens is 3. The van der Waals surface area contributed by atoms with Crippen molar-refractivity contribution in [1.29, 1.82) is 0 Å². The van der Waals surface area contributed by atoms with Gasteiger partial charge in [0.25, 0.3) is 0 Å². The average Bonchev–Trinajstić information content (AvgIpc) is 3.17. The zero-order valence-electron chi connectivity index (χ0n) is 13.8. The Morgan fingerprint density at radius 2 is 2.00 bits per heavy atom. The molecule has 122 valence electrons. The first-order valence-electron chi connectivity index (χ1n) is 7.98. The van der Waals surface area contributed by atoms with Gasteiger partial charge in [-0.3, -0.25) is 4.79 Å².